The zero-order chi connectivity index (χ0) is 36.5. The predicted molar refractivity (Wildman–Crippen MR) is 199 cm³/mol. The third-order valence-electron chi connectivity index (χ3n) is 10.7. The number of ether oxygens (including phenoxy) is 2. The minimum atomic E-state index is -3.77. The van der Waals surface area contributed by atoms with Crippen LogP contribution in [0.5, 0.6) is 11.5 Å². The van der Waals surface area contributed by atoms with E-state index in [0.717, 1.165) is 71.6 Å². The average Bonchev–Trinajstić information content (AvgIpc) is 3.98. The van der Waals surface area contributed by atoms with Gasteiger partial charge in [-0.15, -0.1) is 11.3 Å². The normalized spacial score (nSPS) is 24.5. The lowest BCUT2D eigenvalue weighted by molar-refractivity contribution is -0.132. The van der Waals surface area contributed by atoms with Crippen LogP contribution < -0.4 is 30.6 Å². The molecular weight excluding hydrogens is 689 g/mol. The van der Waals surface area contributed by atoms with Gasteiger partial charge in [0.1, 0.15) is 33.8 Å². The van der Waals surface area contributed by atoms with Crippen LogP contribution in [-0.2, 0) is 19.6 Å². The lowest BCUT2D eigenvalue weighted by Crippen LogP contribution is -2.54. The molecule has 3 fully saturated rings. The average molecular weight is 741 g/mol. The maximum atomic E-state index is 13.9. The molecule has 0 radical (unpaired) electrons. The molecule has 5 N–H and O–H groups in total. The van der Waals surface area contributed by atoms with Crippen LogP contribution in [0.4, 0.5) is 0 Å². The van der Waals surface area contributed by atoms with Crippen LogP contribution in [0.15, 0.2) is 23.6 Å². The van der Waals surface area contributed by atoms with Crippen molar-refractivity contribution in [3.05, 3.63) is 34.8 Å². The number of hydrogen-bond donors (Lipinski definition) is 4. The van der Waals surface area contributed by atoms with Crippen molar-refractivity contribution < 1.29 is 27.5 Å². The Morgan fingerprint density at radius 3 is 2.55 bits per heavy atom. The van der Waals surface area contributed by atoms with Gasteiger partial charge in [0.15, 0.2) is 0 Å². The standard InChI is InChI=1S/C37H52N6O6S2/c1-21(2)30-20-50-35(41-30)29-18-32(26-13-14-31(48-5)22(3)33(26)40-29)49-24-16-27(28(38)17-24)34(44)42-37(36(45)43-51(46,47)25-11-12-25)19-23(37)10-8-6-7-9-15-39-4/h13-14,18,20-21,23-25,27-28,39H,6-12,15-17,19,38H2,1-5H3,(H,42,44)(H,43,45). The number of rotatable bonds is 17. The first-order valence-corrected chi connectivity index (χ1v) is 20.7. The number of aryl methyl sites for hydroxylation is 1. The van der Waals surface area contributed by atoms with Gasteiger partial charge in [0.25, 0.3) is 5.91 Å². The summed E-state index contributed by atoms with van der Waals surface area (Å²) in [5, 5.41) is 9.29. The largest absolute Gasteiger partial charge is 0.496 e. The van der Waals surface area contributed by atoms with Gasteiger partial charge in [-0.25, -0.2) is 18.4 Å². The smallest absolute Gasteiger partial charge is 0.259 e. The van der Waals surface area contributed by atoms with Crippen molar-refractivity contribution in [2.45, 2.75) is 114 Å². The van der Waals surface area contributed by atoms with Gasteiger partial charge in [-0.1, -0.05) is 33.1 Å². The summed E-state index contributed by atoms with van der Waals surface area (Å²) in [6.07, 6.45) is 6.70. The van der Waals surface area contributed by atoms with Crippen LogP contribution in [-0.4, -0.2) is 73.8 Å². The number of pyridine rings is 1. The molecule has 0 saturated heterocycles. The molecule has 12 nitrogen and oxygen atoms in total. The molecule has 1 aromatic carbocycles. The Bertz CT molecular complexity index is 1860. The maximum Gasteiger partial charge on any atom is 0.259 e. The minimum absolute atomic E-state index is 0.131. The fraction of sp³-hybridized carbons (Fsp3) is 0.622. The molecule has 2 aromatic heterocycles. The topological polar surface area (TPSA) is 175 Å². The highest BCUT2D eigenvalue weighted by Crippen LogP contribution is 2.48. The molecule has 0 aliphatic heterocycles. The number of carbonyl (C=O) groups excluding carboxylic acids is 2. The Morgan fingerprint density at radius 1 is 1.10 bits per heavy atom. The van der Waals surface area contributed by atoms with Crippen molar-refractivity contribution in [3.63, 3.8) is 0 Å². The van der Waals surface area contributed by atoms with Crippen LogP contribution in [0.2, 0.25) is 0 Å². The van der Waals surface area contributed by atoms with E-state index in [-0.39, 0.29) is 23.8 Å². The van der Waals surface area contributed by atoms with Crippen molar-refractivity contribution in [3.8, 4) is 22.2 Å². The van der Waals surface area contributed by atoms with Crippen LogP contribution in [0, 0.1) is 18.8 Å². The van der Waals surface area contributed by atoms with Gasteiger partial charge in [0.05, 0.1) is 29.5 Å². The number of aromatic nitrogens is 2. The van der Waals surface area contributed by atoms with Crippen LogP contribution >= 0.6 is 11.3 Å². The second-order valence-corrected chi connectivity index (χ2v) is 17.7. The van der Waals surface area contributed by atoms with Gasteiger partial charge in [-0.05, 0) is 83.0 Å². The molecule has 6 rings (SSSR count). The number of nitrogens with two attached hydrogens (primary N) is 1. The molecule has 2 amide bonds. The molecule has 2 heterocycles. The zero-order valence-corrected chi connectivity index (χ0v) is 31.9. The predicted octanol–water partition coefficient (Wildman–Crippen LogP) is 4.94. The van der Waals surface area contributed by atoms with Gasteiger partial charge in [-0.2, -0.15) is 0 Å². The molecule has 3 aliphatic rings. The summed E-state index contributed by atoms with van der Waals surface area (Å²) in [6.45, 7) is 7.13. The number of sulfonamides is 1. The summed E-state index contributed by atoms with van der Waals surface area (Å²) in [6, 6.07) is 5.23. The minimum Gasteiger partial charge on any atom is -0.496 e. The van der Waals surface area contributed by atoms with Gasteiger partial charge in [0.2, 0.25) is 15.9 Å². The summed E-state index contributed by atoms with van der Waals surface area (Å²) in [5.74, 6) is -0.0878. The molecule has 3 saturated carbocycles. The first kappa shape index (κ1) is 37.4. The molecular formula is C37H52N6O6S2. The molecule has 0 spiro atoms. The maximum absolute atomic E-state index is 13.9. The van der Waals surface area contributed by atoms with Crippen molar-refractivity contribution in [2.24, 2.45) is 17.6 Å². The van der Waals surface area contributed by atoms with Gasteiger partial charge in [-0.3, -0.25) is 14.3 Å². The highest BCUT2D eigenvalue weighted by molar-refractivity contribution is 7.91. The monoisotopic (exact) mass is 740 g/mol. The summed E-state index contributed by atoms with van der Waals surface area (Å²) in [4.78, 5) is 37.3. The number of fused-ring (bicyclic) bond motifs is 1. The number of nitrogens with one attached hydrogen (secondary N) is 3. The Kier molecular flexibility index (Phi) is 11.3. The molecule has 278 valence electrons. The highest BCUT2D eigenvalue weighted by Gasteiger charge is 2.62. The van der Waals surface area contributed by atoms with E-state index in [1.54, 1.807) is 7.11 Å². The molecule has 14 heteroatoms. The van der Waals surface area contributed by atoms with E-state index in [4.69, 9.17) is 25.2 Å². The van der Waals surface area contributed by atoms with Crippen LogP contribution in [0.3, 0.4) is 0 Å². The number of thiazole rings is 1. The number of nitrogens with zero attached hydrogens (tertiary/aromatic N) is 2. The molecule has 3 aliphatic carbocycles. The van der Waals surface area contributed by atoms with Crippen molar-refractivity contribution in [2.75, 3.05) is 20.7 Å². The lowest BCUT2D eigenvalue weighted by atomic mass is 10.0. The number of amides is 2. The summed E-state index contributed by atoms with van der Waals surface area (Å²) in [7, 11) is -0.205. The van der Waals surface area contributed by atoms with Crippen LogP contribution in [0.25, 0.3) is 21.6 Å². The molecule has 51 heavy (non-hydrogen) atoms. The summed E-state index contributed by atoms with van der Waals surface area (Å²) in [5.41, 5.74) is 8.67. The number of unbranched alkanes of at least 4 members (excludes halogenated alkanes) is 3. The SMILES string of the molecule is CNCCCCCCC1CC1(NC(=O)C1CC(Oc2cc(-c3nc(C(C)C)cs3)nc3c(C)c(OC)ccc23)CC1N)C(=O)NS(=O)(=O)C1CC1. The Hall–Kier alpha value is -3.33. The number of methoxy groups -OCH3 is 1. The Balaban J connectivity index is 1.19. The van der Waals surface area contributed by atoms with Crippen molar-refractivity contribution in [1.82, 2.24) is 25.3 Å². The number of benzene rings is 1. The van der Waals surface area contributed by atoms with Gasteiger partial charge in [0, 0.05) is 34.9 Å². The Labute approximate surface area is 305 Å². The van der Waals surface area contributed by atoms with Gasteiger partial charge >= 0.3 is 0 Å². The quantitative estimate of drug-likeness (QED) is 0.139. The van der Waals surface area contributed by atoms with E-state index in [2.05, 4.69) is 29.2 Å². The third-order valence-corrected chi connectivity index (χ3v) is 13.4. The van der Waals surface area contributed by atoms with E-state index >= 15 is 0 Å². The number of hydrogen-bond acceptors (Lipinski definition) is 11. The lowest BCUT2D eigenvalue weighted by Gasteiger charge is -2.23. The van der Waals surface area contributed by atoms with Crippen molar-refractivity contribution >= 4 is 44.1 Å². The van der Waals surface area contributed by atoms with E-state index in [1.807, 2.05) is 37.6 Å². The molecule has 5 unspecified atom stereocenters. The fourth-order valence-electron chi connectivity index (χ4n) is 7.28. The Morgan fingerprint density at radius 2 is 1.86 bits per heavy atom. The third kappa shape index (κ3) is 8.18. The molecule has 3 aromatic rings. The summed E-state index contributed by atoms with van der Waals surface area (Å²) < 4.78 is 40.1. The molecule has 0 bridgehead atoms. The first-order chi connectivity index (χ1) is 24.4. The van der Waals surface area contributed by atoms with Gasteiger partial charge < -0.3 is 25.8 Å². The van der Waals surface area contributed by atoms with E-state index in [9.17, 15) is 18.0 Å². The van der Waals surface area contributed by atoms with Crippen molar-refractivity contribution in [1.29, 1.82) is 0 Å². The van der Waals surface area contributed by atoms with E-state index in [0.29, 0.717) is 43.5 Å². The second kappa shape index (κ2) is 15.3. The second-order valence-electron chi connectivity index (χ2n) is 14.9. The first-order valence-electron chi connectivity index (χ1n) is 18.3. The number of carbonyl (C=O) groups is 2. The fourth-order valence-corrected chi connectivity index (χ4v) is 9.59. The van der Waals surface area contributed by atoms with E-state index in [1.165, 1.54) is 11.3 Å². The van der Waals surface area contributed by atoms with Crippen LogP contribution in [0.1, 0.15) is 95.2 Å². The van der Waals surface area contributed by atoms with E-state index < -0.39 is 38.7 Å². The summed E-state index contributed by atoms with van der Waals surface area (Å²) >= 11 is 1.54. The molecule has 5 atom stereocenters. The zero-order valence-electron chi connectivity index (χ0n) is 30.3. The highest BCUT2D eigenvalue weighted by atomic mass is 32.2.